The molecule has 6 nitrogen and oxygen atoms in total. The molecule has 5 aliphatic rings. The Morgan fingerprint density at radius 2 is 1.88 bits per heavy atom. The number of hydrogen-bond donors (Lipinski definition) is 3. The Kier molecular flexibility index (Phi) is 3.46. The van der Waals surface area contributed by atoms with E-state index in [2.05, 4.69) is 10.6 Å². The number of carbonyl (C=O) groups is 2. The predicted molar refractivity (Wildman–Crippen MR) is 99.8 cm³/mol. The Bertz CT molecular complexity index is 748. The minimum Gasteiger partial charge on any atom is -0.382 e. The van der Waals surface area contributed by atoms with Gasteiger partial charge in [0.2, 0.25) is 5.91 Å². The third-order valence-corrected chi connectivity index (χ3v) is 7.18. The maximum absolute atomic E-state index is 13.1. The molecule has 6 rings (SSSR count). The largest absolute Gasteiger partial charge is 0.382 e. The number of nitrogens with zero attached hydrogens (tertiary/aromatic N) is 1. The smallest absolute Gasteiger partial charge is 0.322 e. The summed E-state index contributed by atoms with van der Waals surface area (Å²) < 4.78 is 0. The number of para-hydroxylation sites is 2. The second kappa shape index (κ2) is 5.63. The van der Waals surface area contributed by atoms with Crippen LogP contribution in [-0.2, 0) is 4.79 Å². The first kappa shape index (κ1) is 16.0. The number of primary amides is 1. The van der Waals surface area contributed by atoms with Crippen molar-refractivity contribution >= 4 is 23.3 Å². The number of amides is 3. The molecule has 0 aromatic heterocycles. The molecule has 0 saturated heterocycles. The average Bonchev–Trinajstić information content (AvgIpc) is 2.63. The van der Waals surface area contributed by atoms with Crippen LogP contribution in [0.5, 0.6) is 0 Å². The van der Waals surface area contributed by atoms with Crippen LogP contribution in [0.15, 0.2) is 24.3 Å². The molecule has 26 heavy (non-hydrogen) atoms. The Hall–Kier alpha value is -2.24. The van der Waals surface area contributed by atoms with Crippen LogP contribution in [0.25, 0.3) is 0 Å². The Morgan fingerprint density at radius 3 is 2.62 bits per heavy atom. The maximum atomic E-state index is 13.1. The van der Waals surface area contributed by atoms with Gasteiger partial charge in [0.15, 0.2) is 0 Å². The fraction of sp³-hybridized carbons (Fsp3) is 0.600. The first-order valence-electron chi connectivity index (χ1n) is 9.77. The van der Waals surface area contributed by atoms with Gasteiger partial charge in [-0.05, 0) is 62.0 Å². The summed E-state index contributed by atoms with van der Waals surface area (Å²) in [6.45, 7) is 1.42. The third-order valence-electron chi connectivity index (χ3n) is 7.18. The van der Waals surface area contributed by atoms with E-state index in [0.29, 0.717) is 24.3 Å². The Labute approximate surface area is 153 Å². The summed E-state index contributed by atoms with van der Waals surface area (Å²) in [7, 11) is 0. The molecule has 4 fully saturated rings. The number of fused-ring (bicyclic) bond motifs is 1. The second-order valence-corrected chi connectivity index (χ2v) is 8.69. The van der Waals surface area contributed by atoms with Gasteiger partial charge in [0.1, 0.15) is 0 Å². The van der Waals surface area contributed by atoms with Gasteiger partial charge in [-0.2, -0.15) is 0 Å². The van der Waals surface area contributed by atoms with Crippen molar-refractivity contribution in [2.45, 2.75) is 38.1 Å². The van der Waals surface area contributed by atoms with Gasteiger partial charge in [0, 0.05) is 24.5 Å². The number of hydrogen-bond acceptors (Lipinski definition) is 3. The molecule has 3 amide bonds. The van der Waals surface area contributed by atoms with Crippen LogP contribution in [0, 0.1) is 23.2 Å². The van der Waals surface area contributed by atoms with E-state index in [0.717, 1.165) is 50.0 Å². The second-order valence-electron chi connectivity index (χ2n) is 8.69. The van der Waals surface area contributed by atoms with Crippen LogP contribution in [0.1, 0.15) is 32.1 Å². The van der Waals surface area contributed by atoms with Gasteiger partial charge < -0.3 is 16.4 Å². The normalized spacial score (nSPS) is 37.0. The van der Waals surface area contributed by atoms with Gasteiger partial charge in [-0.3, -0.25) is 9.69 Å². The zero-order chi connectivity index (χ0) is 17.9. The molecule has 2 atom stereocenters. The number of benzene rings is 1. The molecule has 1 heterocycles. The van der Waals surface area contributed by atoms with E-state index in [1.807, 2.05) is 29.2 Å². The van der Waals surface area contributed by atoms with Crippen LogP contribution >= 0.6 is 0 Å². The third kappa shape index (κ3) is 2.31. The quantitative estimate of drug-likeness (QED) is 0.761. The average molecular weight is 354 g/mol. The predicted octanol–water partition coefficient (Wildman–Crippen LogP) is 2.31. The van der Waals surface area contributed by atoms with Crippen molar-refractivity contribution in [3.8, 4) is 0 Å². The molecule has 6 heteroatoms. The molecule has 0 radical (unpaired) electrons. The number of urea groups is 1. The lowest BCUT2D eigenvalue weighted by Crippen LogP contribution is -2.63. The van der Waals surface area contributed by atoms with Crippen LogP contribution in [0.3, 0.4) is 0 Å². The van der Waals surface area contributed by atoms with E-state index in [9.17, 15) is 9.59 Å². The van der Waals surface area contributed by atoms with Crippen molar-refractivity contribution in [3.05, 3.63) is 24.3 Å². The SMILES string of the molecule is NC(=O)C12CC3CC(C1)C(NC(=O)N1CCNc4ccccc41)C(C3)C2. The summed E-state index contributed by atoms with van der Waals surface area (Å²) in [5, 5.41) is 6.68. The zero-order valence-corrected chi connectivity index (χ0v) is 14.9. The molecule has 4 bridgehead atoms. The minimum atomic E-state index is -0.306. The molecule has 1 aliphatic heterocycles. The molecule has 2 unspecified atom stereocenters. The molecular weight excluding hydrogens is 328 g/mol. The summed E-state index contributed by atoms with van der Waals surface area (Å²) in [5.41, 5.74) is 7.41. The van der Waals surface area contributed by atoms with E-state index in [-0.39, 0.29) is 23.4 Å². The molecule has 0 spiro atoms. The first-order valence-corrected chi connectivity index (χ1v) is 9.77. The molecule has 138 valence electrons. The molecule has 4 N–H and O–H groups in total. The van der Waals surface area contributed by atoms with Gasteiger partial charge in [-0.1, -0.05) is 12.1 Å². The van der Waals surface area contributed by atoms with Gasteiger partial charge >= 0.3 is 6.03 Å². The van der Waals surface area contributed by atoms with E-state index in [1.54, 1.807) is 0 Å². The van der Waals surface area contributed by atoms with Crippen molar-refractivity contribution < 1.29 is 9.59 Å². The van der Waals surface area contributed by atoms with E-state index in [1.165, 1.54) is 0 Å². The standard InChI is InChI=1S/C20H26N4O2/c21-18(25)20-9-12-7-13(10-20)17(14(8-12)11-20)23-19(26)24-6-5-22-15-3-1-2-4-16(15)24/h1-4,12-14,17,22H,5-11H2,(H2,21,25)(H,23,26). The highest BCUT2D eigenvalue weighted by Gasteiger charge is 2.58. The van der Waals surface area contributed by atoms with E-state index < -0.39 is 0 Å². The highest BCUT2D eigenvalue weighted by molar-refractivity contribution is 5.96. The molecular formula is C20H26N4O2. The van der Waals surface area contributed by atoms with Gasteiger partial charge in [-0.15, -0.1) is 0 Å². The van der Waals surface area contributed by atoms with Crippen molar-refractivity contribution in [2.24, 2.45) is 28.9 Å². The van der Waals surface area contributed by atoms with E-state index in [4.69, 9.17) is 5.73 Å². The Morgan fingerprint density at radius 1 is 1.15 bits per heavy atom. The summed E-state index contributed by atoms with van der Waals surface area (Å²) in [5.74, 6) is 1.25. The van der Waals surface area contributed by atoms with Crippen LogP contribution in [-0.4, -0.2) is 31.1 Å². The van der Waals surface area contributed by atoms with E-state index >= 15 is 0 Å². The maximum Gasteiger partial charge on any atom is 0.322 e. The van der Waals surface area contributed by atoms with Crippen molar-refractivity contribution in [1.29, 1.82) is 0 Å². The summed E-state index contributed by atoms with van der Waals surface area (Å²) in [6, 6.07) is 8.10. The summed E-state index contributed by atoms with van der Waals surface area (Å²) >= 11 is 0. The highest BCUT2D eigenvalue weighted by atomic mass is 16.2. The number of rotatable bonds is 2. The lowest BCUT2D eigenvalue weighted by Gasteiger charge is -2.59. The number of carbonyl (C=O) groups excluding carboxylic acids is 2. The van der Waals surface area contributed by atoms with Gasteiger partial charge in [-0.25, -0.2) is 4.79 Å². The van der Waals surface area contributed by atoms with Crippen LogP contribution < -0.4 is 21.3 Å². The highest BCUT2D eigenvalue weighted by Crippen LogP contribution is 2.59. The number of nitrogens with two attached hydrogens (primary N) is 1. The monoisotopic (exact) mass is 354 g/mol. The molecule has 1 aromatic rings. The van der Waals surface area contributed by atoms with Crippen molar-refractivity contribution in [1.82, 2.24) is 5.32 Å². The summed E-state index contributed by atoms with van der Waals surface area (Å²) in [4.78, 5) is 27.0. The lowest BCUT2D eigenvalue weighted by molar-refractivity contribution is -0.145. The molecule has 1 aromatic carbocycles. The van der Waals surface area contributed by atoms with Crippen LogP contribution in [0.2, 0.25) is 0 Å². The van der Waals surface area contributed by atoms with Crippen LogP contribution in [0.4, 0.5) is 16.2 Å². The fourth-order valence-electron chi connectivity index (χ4n) is 6.27. The number of anilines is 2. The Balaban J connectivity index is 1.35. The minimum absolute atomic E-state index is 0.00968. The lowest BCUT2D eigenvalue weighted by atomic mass is 9.47. The summed E-state index contributed by atoms with van der Waals surface area (Å²) in [6.07, 6.45) is 4.89. The van der Waals surface area contributed by atoms with Crippen molar-refractivity contribution in [2.75, 3.05) is 23.3 Å². The molecule has 4 saturated carbocycles. The number of nitrogens with one attached hydrogen (secondary N) is 2. The first-order chi connectivity index (χ1) is 12.6. The zero-order valence-electron chi connectivity index (χ0n) is 14.9. The molecule has 4 aliphatic carbocycles. The fourth-order valence-corrected chi connectivity index (χ4v) is 6.27. The topological polar surface area (TPSA) is 87.5 Å². The van der Waals surface area contributed by atoms with Crippen molar-refractivity contribution in [3.63, 3.8) is 0 Å². The van der Waals surface area contributed by atoms with Gasteiger partial charge in [0.25, 0.3) is 0 Å². The van der Waals surface area contributed by atoms with Gasteiger partial charge in [0.05, 0.1) is 11.4 Å².